The number of nitrogens with zero attached hydrogens (tertiary/aromatic N) is 1. The van der Waals surface area contributed by atoms with E-state index < -0.39 is 11.8 Å². The second-order valence-corrected chi connectivity index (χ2v) is 7.97. The third-order valence-corrected chi connectivity index (χ3v) is 4.96. The molecule has 1 aromatic heterocycles. The Morgan fingerprint density at radius 1 is 1.18 bits per heavy atom. The molecule has 33 heavy (non-hydrogen) atoms. The first kappa shape index (κ1) is 22.6. The van der Waals surface area contributed by atoms with Crippen molar-refractivity contribution in [3.63, 3.8) is 0 Å². The predicted octanol–water partition coefficient (Wildman–Crippen LogP) is 5.07. The number of oxazole rings is 1. The molecule has 1 fully saturated rings. The van der Waals surface area contributed by atoms with Crippen LogP contribution in [0, 0.1) is 5.92 Å². The Bertz CT molecular complexity index is 1100. The maximum atomic E-state index is 13.0. The molecule has 0 unspecified atom stereocenters. The molecule has 1 aliphatic rings. The van der Waals surface area contributed by atoms with Crippen LogP contribution in [0.5, 0.6) is 23.2 Å². The minimum atomic E-state index is -2.60. The van der Waals surface area contributed by atoms with Crippen molar-refractivity contribution < 1.29 is 32.2 Å². The van der Waals surface area contributed by atoms with E-state index in [1.165, 1.54) is 13.1 Å². The fourth-order valence-electron chi connectivity index (χ4n) is 3.13. The zero-order valence-corrected chi connectivity index (χ0v) is 18.2. The molecule has 174 valence electrons. The van der Waals surface area contributed by atoms with Gasteiger partial charge in [0.15, 0.2) is 0 Å². The molecular formula is C24H24F2N2O5. The van der Waals surface area contributed by atoms with Crippen LogP contribution in [-0.4, -0.2) is 36.1 Å². The van der Waals surface area contributed by atoms with E-state index in [1.807, 2.05) is 6.92 Å². The van der Waals surface area contributed by atoms with Crippen molar-refractivity contribution in [1.29, 1.82) is 0 Å². The van der Waals surface area contributed by atoms with Crippen molar-refractivity contribution in [3.8, 4) is 34.6 Å². The van der Waals surface area contributed by atoms with E-state index in [2.05, 4.69) is 10.3 Å². The second-order valence-electron chi connectivity index (χ2n) is 7.97. The van der Waals surface area contributed by atoms with E-state index in [-0.39, 0.29) is 37.5 Å². The zero-order chi connectivity index (χ0) is 23.4. The van der Waals surface area contributed by atoms with Crippen LogP contribution in [0.2, 0.25) is 0 Å². The van der Waals surface area contributed by atoms with Crippen molar-refractivity contribution in [3.05, 3.63) is 54.7 Å². The molecule has 7 nitrogen and oxygen atoms in total. The van der Waals surface area contributed by atoms with Gasteiger partial charge in [-0.15, -0.1) is 0 Å². The number of carbonyl (C=O) groups is 1. The molecule has 3 aromatic rings. The first-order chi connectivity index (χ1) is 15.8. The van der Waals surface area contributed by atoms with Gasteiger partial charge in [-0.1, -0.05) is 6.07 Å². The van der Waals surface area contributed by atoms with E-state index >= 15 is 0 Å². The molecule has 9 heteroatoms. The van der Waals surface area contributed by atoms with Gasteiger partial charge in [-0.25, -0.2) is 13.8 Å². The average Bonchev–Trinajstić information content (AvgIpc) is 3.15. The summed E-state index contributed by atoms with van der Waals surface area (Å²) in [5, 5.41) is 2.72. The van der Waals surface area contributed by atoms with E-state index in [1.54, 1.807) is 48.5 Å². The topological polar surface area (TPSA) is 82.8 Å². The van der Waals surface area contributed by atoms with Crippen LogP contribution in [-0.2, 0) is 4.79 Å². The van der Waals surface area contributed by atoms with Gasteiger partial charge in [-0.3, -0.25) is 4.79 Å². The molecule has 1 aliphatic carbocycles. The van der Waals surface area contributed by atoms with Gasteiger partial charge in [0.2, 0.25) is 11.8 Å². The highest BCUT2D eigenvalue weighted by Gasteiger charge is 2.57. The molecule has 0 spiro atoms. The number of benzene rings is 2. The first-order valence-electron chi connectivity index (χ1n) is 10.5. The molecule has 2 aromatic carbocycles. The van der Waals surface area contributed by atoms with Crippen molar-refractivity contribution in [2.24, 2.45) is 5.92 Å². The molecular weight excluding hydrogens is 434 g/mol. The van der Waals surface area contributed by atoms with Crippen molar-refractivity contribution >= 4 is 5.91 Å². The molecule has 0 radical (unpaired) electrons. The Balaban J connectivity index is 1.31. The summed E-state index contributed by atoms with van der Waals surface area (Å²) in [7, 11) is 0. The summed E-state index contributed by atoms with van der Waals surface area (Å²) in [5.74, 6) is -1.22. The Morgan fingerprint density at radius 3 is 2.61 bits per heavy atom. The molecule has 1 saturated carbocycles. The number of amides is 1. The van der Waals surface area contributed by atoms with Gasteiger partial charge in [0.1, 0.15) is 30.1 Å². The largest absolute Gasteiger partial charge is 0.493 e. The monoisotopic (exact) mass is 458 g/mol. The first-order valence-corrected chi connectivity index (χ1v) is 10.5. The average molecular weight is 458 g/mol. The highest BCUT2D eigenvalue weighted by molar-refractivity contribution is 5.73. The Hall–Kier alpha value is -3.62. The standard InChI is InChI=1S/C24H24F2N2O5/c1-15(28-16(2)29)13-31-22-12-27-23(33-22)17-6-8-19(9-7-17)32-21-5-3-4-20(10-21)30-14-18-11-24(18,25)26/h3-10,12,15,18H,11,13-14H2,1-2H3,(H,28,29)/t15-,18-/m0/s1. The van der Waals surface area contributed by atoms with Crippen molar-refractivity contribution in [2.45, 2.75) is 32.2 Å². The van der Waals surface area contributed by atoms with Crippen LogP contribution < -0.4 is 19.5 Å². The summed E-state index contributed by atoms with van der Waals surface area (Å²) in [6, 6.07) is 13.8. The summed E-state index contributed by atoms with van der Waals surface area (Å²) in [4.78, 5) is 15.3. The number of ether oxygens (including phenoxy) is 3. The Labute approximate surface area is 189 Å². The lowest BCUT2D eigenvalue weighted by Crippen LogP contribution is -2.35. The lowest BCUT2D eigenvalue weighted by atomic mass is 10.2. The van der Waals surface area contributed by atoms with Crippen molar-refractivity contribution in [1.82, 2.24) is 10.3 Å². The SMILES string of the molecule is CC(=O)N[C@@H](C)COc1cnc(-c2ccc(Oc3cccc(OC[C@@H]4CC4(F)F)c3)cc2)o1. The predicted molar refractivity (Wildman–Crippen MR) is 116 cm³/mol. The maximum Gasteiger partial charge on any atom is 0.305 e. The number of halogens is 2. The van der Waals surface area contributed by atoms with Crippen LogP contribution in [0.3, 0.4) is 0 Å². The van der Waals surface area contributed by atoms with Gasteiger partial charge in [-0.05, 0) is 43.3 Å². The zero-order valence-electron chi connectivity index (χ0n) is 18.2. The minimum absolute atomic E-state index is 0.0147. The highest BCUT2D eigenvalue weighted by Crippen LogP contribution is 2.48. The number of hydrogen-bond donors (Lipinski definition) is 1. The van der Waals surface area contributed by atoms with Crippen LogP contribution in [0.4, 0.5) is 8.78 Å². The molecule has 4 rings (SSSR count). The van der Waals surface area contributed by atoms with Gasteiger partial charge >= 0.3 is 5.95 Å². The van der Waals surface area contributed by atoms with Gasteiger partial charge in [0, 0.05) is 25.0 Å². The summed E-state index contributed by atoms with van der Waals surface area (Å²) in [6.07, 6.45) is 1.35. The number of nitrogens with one attached hydrogen (secondary N) is 1. The molecule has 0 aliphatic heterocycles. The Morgan fingerprint density at radius 2 is 1.91 bits per heavy atom. The van der Waals surface area contributed by atoms with E-state index in [9.17, 15) is 13.6 Å². The smallest absolute Gasteiger partial charge is 0.305 e. The maximum absolute atomic E-state index is 13.0. The Kier molecular flexibility index (Phi) is 6.48. The van der Waals surface area contributed by atoms with Crippen molar-refractivity contribution in [2.75, 3.05) is 13.2 Å². The molecule has 0 saturated heterocycles. The molecule has 1 heterocycles. The third-order valence-electron chi connectivity index (χ3n) is 4.96. The summed E-state index contributed by atoms with van der Waals surface area (Å²) in [6.45, 7) is 3.51. The number of aromatic nitrogens is 1. The summed E-state index contributed by atoms with van der Waals surface area (Å²) < 4.78 is 48.4. The van der Waals surface area contributed by atoms with E-state index in [0.717, 1.165) is 5.56 Å². The number of alkyl halides is 2. The number of carbonyl (C=O) groups excluding carboxylic acids is 1. The second kappa shape index (κ2) is 9.48. The van der Waals surface area contributed by atoms with E-state index in [0.29, 0.717) is 23.1 Å². The minimum Gasteiger partial charge on any atom is -0.493 e. The van der Waals surface area contributed by atoms with Crippen LogP contribution in [0.1, 0.15) is 20.3 Å². The fraction of sp³-hybridized carbons (Fsp3) is 0.333. The summed E-state index contributed by atoms with van der Waals surface area (Å²) >= 11 is 0. The number of hydrogen-bond acceptors (Lipinski definition) is 6. The quantitative estimate of drug-likeness (QED) is 0.457. The molecule has 0 bridgehead atoms. The fourth-order valence-corrected chi connectivity index (χ4v) is 3.13. The van der Waals surface area contributed by atoms with Gasteiger partial charge in [-0.2, -0.15) is 0 Å². The van der Waals surface area contributed by atoms with Gasteiger partial charge in [0.25, 0.3) is 5.92 Å². The molecule has 2 atom stereocenters. The molecule has 1 amide bonds. The lowest BCUT2D eigenvalue weighted by molar-refractivity contribution is -0.119. The van der Waals surface area contributed by atoms with Crippen LogP contribution >= 0.6 is 0 Å². The van der Waals surface area contributed by atoms with Gasteiger partial charge < -0.3 is 23.9 Å². The highest BCUT2D eigenvalue weighted by atomic mass is 19.3. The van der Waals surface area contributed by atoms with E-state index in [4.69, 9.17) is 18.6 Å². The molecule has 1 N–H and O–H groups in total. The van der Waals surface area contributed by atoms with Gasteiger partial charge in [0.05, 0.1) is 18.6 Å². The number of rotatable bonds is 10. The normalized spacial score (nSPS) is 17.2. The lowest BCUT2D eigenvalue weighted by Gasteiger charge is -2.11. The third kappa shape index (κ3) is 6.21. The van der Waals surface area contributed by atoms with Crippen LogP contribution in [0.15, 0.2) is 59.1 Å². The summed E-state index contributed by atoms with van der Waals surface area (Å²) in [5.41, 5.74) is 0.731. The van der Waals surface area contributed by atoms with Crippen LogP contribution in [0.25, 0.3) is 11.5 Å².